The highest BCUT2D eigenvalue weighted by Crippen LogP contribution is 2.11. The summed E-state index contributed by atoms with van der Waals surface area (Å²) in [5, 5.41) is 19.5. The number of esters is 1. The van der Waals surface area contributed by atoms with Crippen LogP contribution in [0.1, 0.15) is 13.3 Å². The second-order valence-corrected chi connectivity index (χ2v) is 3.29. The molecular weight excluding hydrogens is 202 g/mol. The lowest BCUT2D eigenvalue weighted by Crippen LogP contribution is -2.42. The average Bonchev–Trinajstić information content (AvgIpc) is 2.16. The standard InChI is InChI=1S/C7H13NO3.C2H4O2/c1-11-7(10)5-2-6(9)4-8-3-5;1-2(3)4/h5-6,8-9H,2-4H2,1H3;1H3,(H,3,4). The second kappa shape index (κ2) is 7.19. The van der Waals surface area contributed by atoms with E-state index >= 15 is 0 Å². The number of methoxy groups -OCH3 is 1. The Morgan fingerprint density at radius 1 is 1.40 bits per heavy atom. The minimum absolute atomic E-state index is 0.177. The van der Waals surface area contributed by atoms with Crippen LogP contribution in [0.3, 0.4) is 0 Å². The zero-order valence-corrected chi connectivity index (χ0v) is 8.90. The molecule has 1 aliphatic rings. The van der Waals surface area contributed by atoms with Crippen LogP contribution < -0.4 is 5.32 Å². The third-order valence-corrected chi connectivity index (χ3v) is 1.86. The van der Waals surface area contributed by atoms with Crippen molar-refractivity contribution in [2.75, 3.05) is 20.2 Å². The van der Waals surface area contributed by atoms with E-state index in [1.807, 2.05) is 0 Å². The summed E-state index contributed by atoms with van der Waals surface area (Å²) < 4.78 is 4.55. The second-order valence-electron chi connectivity index (χ2n) is 3.29. The van der Waals surface area contributed by atoms with Crippen molar-refractivity contribution in [2.24, 2.45) is 5.92 Å². The zero-order chi connectivity index (χ0) is 11.8. The van der Waals surface area contributed by atoms with E-state index in [0.717, 1.165) is 6.92 Å². The van der Waals surface area contributed by atoms with Gasteiger partial charge in [0.25, 0.3) is 5.97 Å². The Balaban J connectivity index is 0.000000423. The van der Waals surface area contributed by atoms with Gasteiger partial charge in [0.1, 0.15) is 0 Å². The number of carbonyl (C=O) groups is 2. The van der Waals surface area contributed by atoms with E-state index in [2.05, 4.69) is 10.1 Å². The summed E-state index contributed by atoms with van der Waals surface area (Å²) in [6.07, 6.45) is 0.104. The van der Waals surface area contributed by atoms with Gasteiger partial charge in [-0.25, -0.2) is 0 Å². The molecule has 0 aromatic rings. The first-order valence-electron chi connectivity index (χ1n) is 4.63. The van der Waals surface area contributed by atoms with E-state index < -0.39 is 12.1 Å². The zero-order valence-electron chi connectivity index (χ0n) is 8.90. The highest BCUT2D eigenvalue weighted by atomic mass is 16.5. The molecule has 0 aromatic heterocycles. The molecule has 1 saturated heterocycles. The Kier molecular flexibility index (Phi) is 6.64. The fourth-order valence-electron chi connectivity index (χ4n) is 1.27. The van der Waals surface area contributed by atoms with Gasteiger partial charge in [0.2, 0.25) is 0 Å². The first-order chi connectivity index (χ1) is 6.97. The van der Waals surface area contributed by atoms with Crippen LogP contribution >= 0.6 is 0 Å². The number of piperidine rings is 1. The van der Waals surface area contributed by atoms with Crippen LogP contribution in [-0.2, 0) is 14.3 Å². The fourth-order valence-corrected chi connectivity index (χ4v) is 1.27. The number of nitrogens with one attached hydrogen (secondary N) is 1. The third kappa shape index (κ3) is 6.87. The minimum atomic E-state index is -0.833. The molecule has 1 rings (SSSR count). The molecular formula is C9H17NO5. The smallest absolute Gasteiger partial charge is 0.310 e. The largest absolute Gasteiger partial charge is 0.481 e. The molecule has 1 heterocycles. The predicted molar refractivity (Wildman–Crippen MR) is 52.3 cm³/mol. The molecule has 0 aliphatic carbocycles. The lowest BCUT2D eigenvalue weighted by Gasteiger charge is -2.24. The van der Waals surface area contributed by atoms with Crippen molar-refractivity contribution in [3.63, 3.8) is 0 Å². The summed E-state index contributed by atoms with van der Waals surface area (Å²) in [6, 6.07) is 0. The summed E-state index contributed by atoms with van der Waals surface area (Å²) in [7, 11) is 1.36. The van der Waals surface area contributed by atoms with Crippen LogP contribution in [0.4, 0.5) is 0 Å². The van der Waals surface area contributed by atoms with Gasteiger partial charge < -0.3 is 20.3 Å². The number of aliphatic hydroxyl groups is 1. The molecule has 1 fully saturated rings. The van der Waals surface area contributed by atoms with Crippen molar-refractivity contribution >= 4 is 11.9 Å². The maximum Gasteiger partial charge on any atom is 0.310 e. The highest BCUT2D eigenvalue weighted by molar-refractivity contribution is 5.72. The molecule has 1 aliphatic heterocycles. The Morgan fingerprint density at radius 3 is 2.33 bits per heavy atom. The van der Waals surface area contributed by atoms with Crippen LogP contribution in [0.15, 0.2) is 0 Å². The molecule has 0 amide bonds. The number of carboxylic acid groups (broad SMARTS) is 1. The number of carboxylic acids is 1. The van der Waals surface area contributed by atoms with Crippen LogP contribution in [0, 0.1) is 5.92 Å². The van der Waals surface area contributed by atoms with E-state index in [-0.39, 0.29) is 11.9 Å². The fraction of sp³-hybridized carbons (Fsp3) is 0.778. The number of hydrogen-bond acceptors (Lipinski definition) is 5. The molecule has 0 aromatic carbocycles. The average molecular weight is 219 g/mol. The monoisotopic (exact) mass is 219 g/mol. The highest BCUT2D eigenvalue weighted by Gasteiger charge is 2.26. The number of rotatable bonds is 1. The number of aliphatic carboxylic acids is 1. The van der Waals surface area contributed by atoms with Gasteiger partial charge in [-0.2, -0.15) is 0 Å². The van der Waals surface area contributed by atoms with Crippen molar-refractivity contribution in [1.82, 2.24) is 5.32 Å². The van der Waals surface area contributed by atoms with Gasteiger partial charge in [-0.15, -0.1) is 0 Å². The SMILES string of the molecule is CC(=O)O.COC(=O)C1CNCC(O)C1. The first kappa shape index (κ1) is 13.9. The van der Waals surface area contributed by atoms with E-state index in [1.54, 1.807) is 0 Å². The molecule has 15 heavy (non-hydrogen) atoms. The lowest BCUT2D eigenvalue weighted by atomic mass is 9.98. The summed E-state index contributed by atoms with van der Waals surface area (Å²) in [5.41, 5.74) is 0. The quantitative estimate of drug-likeness (QED) is 0.501. The van der Waals surface area contributed by atoms with E-state index in [0.29, 0.717) is 19.5 Å². The molecule has 0 radical (unpaired) electrons. The molecule has 88 valence electrons. The number of aliphatic hydroxyl groups excluding tert-OH is 1. The molecule has 3 N–H and O–H groups in total. The predicted octanol–water partition coefficient (Wildman–Crippen LogP) is -0.779. The van der Waals surface area contributed by atoms with Crippen molar-refractivity contribution < 1.29 is 24.5 Å². The van der Waals surface area contributed by atoms with E-state index in [1.165, 1.54) is 7.11 Å². The van der Waals surface area contributed by atoms with Gasteiger partial charge in [0, 0.05) is 20.0 Å². The topological polar surface area (TPSA) is 95.9 Å². The van der Waals surface area contributed by atoms with Crippen molar-refractivity contribution in [3.05, 3.63) is 0 Å². The Bertz CT molecular complexity index is 215. The molecule has 2 unspecified atom stereocenters. The molecule has 0 saturated carbocycles. The van der Waals surface area contributed by atoms with Gasteiger partial charge in [-0.1, -0.05) is 0 Å². The van der Waals surface area contributed by atoms with Crippen LogP contribution in [0.2, 0.25) is 0 Å². The van der Waals surface area contributed by atoms with Crippen molar-refractivity contribution in [2.45, 2.75) is 19.4 Å². The number of ether oxygens (including phenoxy) is 1. The van der Waals surface area contributed by atoms with Crippen LogP contribution in [0.25, 0.3) is 0 Å². The Hall–Kier alpha value is -1.14. The third-order valence-electron chi connectivity index (χ3n) is 1.86. The van der Waals surface area contributed by atoms with Crippen LogP contribution in [-0.4, -0.2) is 48.5 Å². The van der Waals surface area contributed by atoms with E-state index in [4.69, 9.17) is 15.0 Å². The van der Waals surface area contributed by atoms with Crippen molar-refractivity contribution in [1.29, 1.82) is 0 Å². The first-order valence-corrected chi connectivity index (χ1v) is 4.63. The van der Waals surface area contributed by atoms with Gasteiger partial charge in [-0.05, 0) is 6.42 Å². The summed E-state index contributed by atoms with van der Waals surface area (Å²) in [4.78, 5) is 19.9. The van der Waals surface area contributed by atoms with E-state index in [9.17, 15) is 4.79 Å². The molecule has 6 nitrogen and oxygen atoms in total. The minimum Gasteiger partial charge on any atom is -0.481 e. The van der Waals surface area contributed by atoms with Crippen molar-refractivity contribution in [3.8, 4) is 0 Å². The molecule has 2 atom stereocenters. The summed E-state index contributed by atoms with van der Waals surface area (Å²) in [5.74, 6) is -1.25. The number of β-amino-alcohol motifs (C(OH)–C–C–N with tert-alkyl or cyclic N) is 1. The van der Waals surface area contributed by atoms with Crippen LogP contribution in [0.5, 0.6) is 0 Å². The van der Waals surface area contributed by atoms with Gasteiger partial charge in [0.15, 0.2) is 0 Å². The van der Waals surface area contributed by atoms with Gasteiger partial charge in [0.05, 0.1) is 19.1 Å². The Morgan fingerprint density at radius 2 is 1.93 bits per heavy atom. The van der Waals surface area contributed by atoms with Gasteiger partial charge in [-0.3, -0.25) is 9.59 Å². The van der Waals surface area contributed by atoms with Gasteiger partial charge >= 0.3 is 5.97 Å². The Labute approximate surface area is 88.2 Å². The molecule has 0 bridgehead atoms. The number of carbonyl (C=O) groups excluding carboxylic acids is 1. The maximum atomic E-state index is 10.9. The maximum absolute atomic E-state index is 10.9. The summed E-state index contributed by atoms with van der Waals surface area (Å²) in [6.45, 7) is 2.28. The molecule has 6 heteroatoms. The normalized spacial score (nSPS) is 24.7. The summed E-state index contributed by atoms with van der Waals surface area (Å²) >= 11 is 0. The lowest BCUT2D eigenvalue weighted by molar-refractivity contribution is -0.147. The number of hydrogen-bond donors (Lipinski definition) is 3. The molecule has 0 spiro atoms.